The molecule has 2 heterocycles. The highest BCUT2D eigenvalue weighted by Gasteiger charge is 2.39. The van der Waals surface area contributed by atoms with Gasteiger partial charge in [-0.1, -0.05) is 0 Å². The molecular weight excluding hydrogens is 313 g/mol. The summed E-state index contributed by atoms with van der Waals surface area (Å²) in [6.07, 6.45) is -4.26. The molecule has 1 aromatic carbocycles. The SMILES string of the molecule is O=C(c1cc(O)cc(C(F)(F)F)c1)N1CC(N2CC[C@@H](O)C2)C1. The third-order valence-corrected chi connectivity index (χ3v) is 4.35. The summed E-state index contributed by atoms with van der Waals surface area (Å²) >= 11 is 0. The number of aliphatic hydroxyl groups excluding tert-OH is 1. The van der Waals surface area contributed by atoms with Crippen molar-refractivity contribution in [1.82, 2.24) is 9.80 Å². The van der Waals surface area contributed by atoms with Crippen molar-refractivity contribution in [2.45, 2.75) is 24.7 Å². The minimum atomic E-state index is -4.61. The second kappa shape index (κ2) is 5.68. The molecule has 0 radical (unpaired) electrons. The molecule has 2 aliphatic rings. The number of nitrogens with zero attached hydrogens (tertiary/aromatic N) is 2. The Morgan fingerprint density at radius 1 is 1.17 bits per heavy atom. The van der Waals surface area contributed by atoms with Crippen LogP contribution in [0.4, 0.5) is 13.2 Å². The van der Waals surface area contributed by atoms with Crippen molar-refractivity contribution in [2.24, 2.45) is 0 Å². The summed E-state index contributed by atoms with van der Waals surface area (Å²) < 4.78 is 38.2. The Hall–Kier alpha value is -1.80. The molecule has 2 fully saturated rings. The van der Waals surface area contributed by atoms with Gasteiger partial charge < -0.3 is 15.1 Å². The number of benzene rings is 1. The lowest BCUT2D eigenvalue weighted by Crippen LogP contribution is -2.60. The monoisotopic (exact) mass is 330 g/mol. The standard InChI is InChI=1S/C15H17F3N2O3/c16-15(17,18)10-3-9(4-13(22)5-10)14(23)20-6-11(7-20)19-2-1-12(21)8-19/h3-5,11-12,21-22H,1-2,6-8H2/t12-/m1/s1. The minimum absolute atomic E-state index is 0.135. The van der Waals surface area contributed by atoms with E-state index >= 15 is 0 Å². The first-order chi connectivity index (χ1) is 10.7. The number of β-amino-alcohol motifs (C(OH)–C–C–N with tert-alkyl or cyclic N) is 1. The first-order valence-electron chi connectivity index (χ1n) is 7.36. The van der Waals surface area contributed by atoms with Gasteiger partial charge in [-0.25, -0.2) is 0 Å². The van der Waals surface area contributed by atoms with E-state index in [1.807, 2.05) is 0 Å². The number of hydrogen-bond acceptors (Lipinski definition) is 4. The predicted molar refractivity (Wildman–Crippen MR) is 75.0 cm³/mol. The molecule has 1 atom stereocenters. The van der Waals surface area contributed by atoms with Crippen molar-refractivity contribution in [3.63, 3.8) is 0 Å². The fraction of sp³-hybridized carbons (Fsp3) is 0.533. The summed E-state index contributed by atoms with van der Waals surface area (Å²) in [4.78, 5) is 15.8. The van der Waals surface area contributed by atoms with Gasteiger partial charge in [0.2, 0.25) is 0 Å². The predicted octanol–water partition coefficient (Wildman–Crippen LogP) is 1.30. The lowest BCUT2D eigenvalue weighted by Gasteiger charge is -2.44. The van der Waals surface area contributed by atoms with Crippen LogP contribution < -0.4 is 0 Å². The number of phenols is 1. The fourth-order valence-corrected chi connectivity index (χ4v) is 3.03. The Morgan fingerprint density at radius 2 is 1.87 bits per heavy atom. The van der Waals surface area contributed by atoms with E-state index in [0.29, 0.717) is 32.1 Å². The molecule has 0 unspecified atom stereocenters. The quantitative estimate of drug-likeness (QED) is 0.858. The summed E-state index contributed by atoms with van der Waals surface area (Å²) in [5.41, 5.74) is -1.21. The number of hydrogen-bond donors (Lipinski definition) is 2. The lowest BCUT2D eigenvalue weighted by atomic mass is 10.0. The first-order valence-corrected chi connectivity index (χ1v) is 7.36. The van der Waals surface area contributed by atoms with Gasteiger partial charge in [0, 0.05) is 37.8 Å². The largest absolute Gasteiger partial charge is 0.508 e. The van der Waals surface area contributed by atoms with E-state index < -0.39 is 23.4 Å². The van der Waals surface area contributed by atoms with E-state index in [0.717, 1.165) is 18.7 Å². The van der Waals surface area contributed by atoms with E-state index in [-0.39, 0.29) is 17.7 Å². The van der Waals surface area contributed by atoms with E-state index in [1.165, 1.54) is 4.90 Å². The van der Waals surface area contributed by atoms with Crippen LogP contribution in [-0.2, 0) is 6.18 Å². The van der Waals surface area contributed by atoms with Gasteiger partial charge in [0.25, 0.3) is 5.91 Å². The fourth-order valence-electron chi connectivity index (χ4n) is 3.03. The lowest BCUT2D eigenvalue weighted by molar-refractivity contribution is -0.137. The average molecular weight is 330 g/mol. The third-order valence-electron chi connectivity index (χ3n) is 4.35. The molecule has 0 spiro atoms. The smallest absolute Gasteiger partial charge is 0.416 e. The van der Waals surface area contributed by atoms with Crippen LogP contribution in [0, 0.1) is 0 Å². The van der Waals surface area contributed by atoms with Crippen LogP contribution in [0.25, 0.3) is 0 Å². The number of carbonyl (C=O) groups excluding carboxylic acids is 1. The van der Waals surface area contributed by atoms with Crippen molar-refractivity contribution in [3.8, 4) is 5.75 Å². The average Bonchev–Trinajstić information content (AvgIpc) is 2.81. The van der Waals surface area contributed by atoms with Gasteiger partial charge in [-0.05, 0) is 24.6 Å². The van der Waals surface area contributed by atoms with Crippen molar-refractivity contribution in [2.75, 3.05) is 26.2 Å². The Labute approximate surface area is 130 Å². The molecule has 2 N–H and O–H groups in total. The van der Waals surface area contributed by atoms with E-state index in [1.54, 1.807) is 0 Å². The highest BCUT2D eigenvalue weighted by molar-refractivity contribution is 5.95. The van der Waals surface area contributed by atoms with Gasteiger partial charge in [-0.2, -0.15) is 13.2 Å². The van der Waals surface area contributed by atoms with Crippen LogP contribution in [0.3, 0.4) is 0 Å². The van der Waals surface area contributed by atoms with Crippen molar-refractivity contribution in [3.05, 3.63) is 29.3 Å². The van der Waals surface area contributed by atoms with E-state index in [4.69, 9.17) is 0 Å². The van der Waals surface area contributed by atoms with Crippen LogP contribution in [0.5, 0.6) is 5.75 Å². The van der Waals surface area contributed by atoms with Crippen molar-refractivity contribution < 1.29 is 28.2 Å². The number of alkyl halides is 3. The zero-order valence-electron chi connectivity index (χ0n) is 12.3. The Morgan fingerprint density at radius 3 is 2.43 bits per heavy atom. The topological polar surface area (TPSA) is 64.0 Å². The molecule has 5 nitrogen and oxygen atoms in total. The second-order valence-electron chi connectivity index (χ2n) is 6.07. The van der Waals surface area contributed by atoms with Gasteiger partial charge in [0.15, 0.2) is 0 Å². The van der Waals surface area contributed by atoms with Crippen LogP contribution in [0.15, 0.2) is 18.2 Å². The summed E-state index contributed by atoms with van der Waals surface area (Å²) in [7, 11) is 0. The second-order valence-corrected chi connectivity index (χ2v) is 6.07. The molecule has 0 bridgehead atoms. The van der Waals surface area contributed by atoms with E-state index in [9.17, 15) is 28.2 Å². The Bertz CT molecular complexity index is 614. The Balaban J connectivity index is 1.67. The molecule has 2 aliphatic heterocycles. The molecular formula is C15H17F3N2O3. The zero-order chi connectivity index (χ0) is 16.8. The Kier molecular flexibility index (Phi) is 3.97. The third kappa shape index (κ3) is 3.28. The molecule has 1 amide bonds. The molecule has 0 aliphatic carbocycles. The maximum Gasteiger partial charge on any atom is 0.416 e. The number of rotatable bonds is 2. The van der Waals surface area contributed by atoms with Gasteiger partial charge in [0.1, 0.15) is 5.75 Å². The number of phenolic OH excluding ortho intramolecular Hbond substituents is 1. The van der Waals surface area contributed by atoms with Gasteiger partial charge in [-0.15, -0.1) is 0 Å². The molecule has 3 rings (SSSR count). The number of carbonyl (C=O) groups is 1. The maximum absolute atomic E-state index is 12.7. The van der Waals surface area contributed by atoms with Crippen molar-refractivity contribution >= 4 is 5.91 Å². The molecule has 0 aromatic heterocycles. The summed E-state index contributed by atoms with van der Waals surface area (Å²) in [6, 6.07) is 2.54. The van der Waals surface area contributed by atoms with Gasteiger partial charge in [-0.3, -0.25) is 9.69 Å². The summed E-state index contributed by atoms with van der Waals surface area (Å²) in [5.74, 6) is -1.11. The minimum Gasteiger partial charge on any atom is -0.508 e. The molecule has 23 heavy (non-hydrogen) atoms. The van der Waals surface area contributed by atoms with Crippen LogP contribution in [0.2, 0.25) is 0 Å². The summed E-state index contributed by atoms with van der Waals surface area (Å²) in [5, 5.41) is 18.9. The molecule has 1 aromatic rings. The van der Waals surface area contributed by atoms with Crippen LogP contribution >= 0.6 is 0 Å². The van der Waals surface area contributed by atoms with Crippen LogP contribution in [0.1, 0.15) is 22.3 Å². The number of aromatic hydroxyl groups is 1. The number of amides is 1. The van der Waals surface area contributed by atoms with Gasteiger partial charge >= 0.3 is 6.18 Å². The first kappa shape index (κ1) is 16.1. The highest BCUT2D eigenvalue weighted by atomic mass is 19.4. The van der Waals surface area contributed by atoms with Crippen LogP contribution in [-0.4, -0.2) is 64.2 Å². The number of aliphatic hydroxyl groups is 1. The zero-order valence-corrected chi connectivity index (χ0v) is 12.3. The number of likely N-dealkylation sites (tertiary alicyclic amines) is 2. The molecule has 126 valence electrons. The van der Waals surface area contributed by atoms with E-state index in [2.05, 4.69) is 4.90 Å². The highest BCUT2D eigenvalue weighted by Crippen LogP contribution is 2.33. The van der Waals surface area contributed by atoms with Crippen molar-refractivity contribution in [1.29, 1.82) is 0 Å². The van der Waals surface area contributed by atoms with Gasteiger partial charge in [0.05, 0.1) is 11.7 Å². The molecule has 0 saturated carbocycles. The molecule has 8 heteroatoms. The summed E-state index contributed by atoms with van der Waals surface area (Å²) in [6.45, 7) is 2.17. The maximum atomic E-state index is 12.7. The normalized spacial score (nSPS) is 23.1. The molecule has 2 saturated heterocycles. The number of halogens is 3.